The standard InChI is InChI=1S/C17H30N4OS/c1-19(2)9-5-11-20-12-8-18-17(20)15-6-4-10-21(14-15)16(22)7-13-23-3/h8,12,15H,4-7,9-11,13-14H2,1-3H3/t15-/m1/s1. The number of piperidine rings is 1. The van der Waals surface area contributed by atoms with Crippen molar-refractivity contribution in [3.8, 4) is 0 Å². The summed E-state index contributed by atoms with van der Waals surface area (Å²) in [4.78, 5) is 21.1. The second-order valence-electron chi connectivity index (χ2n) is 6.56. The molecule has 2 heterocycles. The zero-order valence-corrected chi connectivity index (χ0v) is 15.5. The molecule has 1 aliphatic rings. The summed E-state index contributed by atoms with van der Waals surface area (Å²) in [5.41, 5.74) is 0. The number of imidazole rings is 1. The normalized spacial score (nSPS) is 18.6. The number of carbonyl (C=O) groups excluding carboxylic acids is 1. The minimum absolute atomic E-state index is 0.301. The Bertz CT molecular complexity index is 489. The van der Waals surface area contributed by atoms with Gasteiger partial charge in [0.05, 0.1) is 0 Å². The lowest BCUT2D eigenvalue weighted by Crippen LogP contribution is -2.40. The highest BCUT2D eigenvalue weighted by Gasteiger charge is 2.27. The van der Waals surface area contributed by atoms with Crippen LogP contribution in [0.25, 0.3) is 0 Å². The van der Waals surface area contributed by atoms with E-state index in [1.165, 1.54) is 0 Å². The fourth-order valence-electron chi connectivity index (χ4n) is 3.19. The second-order valence-corrected chi connectivity index (χ2v) is 7.54. The maximum atomic E-state index is 12.3. The van der Waals surface area contributed by atoms with Crippen LogP contribution in [0, 0.1) is 0 Å². The molecule has 0 aromatic carbocycles. The summed E-state index contributed by atoms with van der Waals surface area (Å²) in [7, 11) is 4.21. The van der Waals surface area contributed by atoms with Crippen LogP contribution >= 0.6 is 11.8 Å². The molecule has 1 aromatic rings. The van der Waals surface area contributed by atoms with Crippen LogP contribution in [-0.4, -0.2) is 71.0 Å². The highest BCUT2D eigenvalue weighted by atomic mass is 32.2. The predicted molar refractivity (Wildman–Crippen MR) is 97.0 cm³/mol. The Kier molecular flexibility index (Phi) is 7.43. The Morgan fingerprint density at radius 2 is 2.30 bits per heavy atom. The van der Waals surface area contributed by atoms with Gasteiger partial charge in [0.25, 0.3) is 0 Å². The van der Waals surface area contributed by atoms with Gasteiger partial charge in [-0.2, -0.15) is 11.8 Å². The maximum absolute atomic E-state index is 12.3. The van der Waals surface area contributed by atoms with Crippen LogP contribution < -0.4 is 0 Å². The average Bonchev–Trinajstić information content (AvgIpc) is 3.01. The van der Waals surface area contributed by atoms with Gasteiger partial charge in [-0.25, -0.2) is 4.98 Å². The predicted octanol–water partition coefficient (Wildman–Crippen LogP) is 2.29. The third-order valence-electron chi connectivity index (χ3n) is 4.41. The molecule has 0 aliphatic carbocycles. The number of aryl methyl sites for hydroxylation is 1. The monoisotopic (exact) mass is 338 g/mol. The summed E-state index contributed by atoms with van der Waals surface area (Å²) in [6.07, 6.45) is 10.0. The number of thioether (sulfide) groups is 1. The van der Waals surface area contributed by atoms with Crippen molar-refractivity contribution in [1.29, 1.82) is 0 Å². The first-order chi connectivity index (χ1) is 11.1. The Labute approximate surface area is 144 Å². The van der Waals surface area contributed by atoms with Gasteiger partial charge in [-0.1, -0.05) is 0 Å². The van der Waals surface area contributed by atoms with E-state index in [4.69, 9.17) is 0 Å². The van der Waals surface area contributed by atoms with Crippen molar-refractivity contribution in [2.75, 3.05) is 45.7 Å². The van der Waals surface area contributed by atoms with Crippen molar-refractivity contribution < 1.29 is 4.79 Å². The third-order valence-corrected chi connectivity index (χ3v) is 5.02. The minimum atomic E-state index is 0.301. The molecule has 0 radical (unpaired) electrons. The van der Waals surface area contributed by atoms with Gasteiger partial charge < -0.3 is 14.4 Å². The van der Waals surface area contributed by atoms with E-state index in [-0.39, 0.29) is 0 Å². The molecular weight excluding hydrogens is 308 g/mol. The molecule has 0 bridgehead atoms. The summed E-state index contributed by atoms with van der Waals surface area (Å²) in [6.45, 7) is 3.83. The van der Waals surface area contributed by atoms with Gasteiger partial charge in [0.15, 0.2) is 0 Å². The number of likely N-dealkylation sites (tertiary alicyclic amines) is 1. The Balaban J connectivity index is 1.93. The number of amides is 1. The van der Waals surface area contributed by atoms with Crippen LogP contribution in [0.4, 0.5) is 0 Å². The molecule has 1 saturated heterocycles. The van der Waals surface area contributed by atoms with E-state index in [0.29, 0.717) is 18.2 Å². The second kappa shape index (κ2) is 9.33. The van der Waals surface area contributed by atoms with Crippen molar-refractivity contribution >= 4 is 17.7 Å². The van der Waals surface area contributed by atoms with Gasteiger partial charge in [-0.3, -0.25) is 4.79 Å². The van der Waals surface area contributed by atoms with E-state index in [9.17, 15) is 4.79 Å². The molecule has 6 heteroatoms. The number of aromatic nitrogens is 2. The third kappa shape index (κ3) is 5.53. The van der Waals surface area contributed by atoms with Crippen LogP contribution in [0.2, 0.25) is 0 Å². The van der Waals surface area contributed by atoms with E-state index >= 15 is 0 Å². The minimum Gasteiger partial charge on any atom is -0.342 e. The SMILES string of the molecule is CSCCC(=O)N1CCC[C@@H](c2nccn2CCCN(C)C)C1. The van der Waals surface area contributed by atoms with Crippen molar-refractivity contribution in [2.45, 2.75) is 38.1 Å². The number of carbonyl (C=O) groups is 1. The van der Waals surface area contributed by atoms with E-state index in [0.717, 1.165) is 57.0 Å². The molecule has 5 nitrogen and oxygen atoms in total. The first-order valence-corrected chi connectivity index (χ1v) is 9.93. The fraction of sp³-hybridized carbons (Fsp3) is 0.765. The molecule has 2 rings (SSSR count). The van der Waals surface area contributed by atoms with Crippen LogP contribution in [0.1, 0.15) is 37.4 Å². The van der Waals surface area contributed by atoms with Crippen molar-refractivity contribution in [3.63, 3.8) is 0 Å². The zero-order valence-electron chi connectivity index (χ0n) is 14.7. The summed E-state index contributed by atoms with van der Waals surface area (Å²) < 4.78 is 2.28. The first-order valence-electron chi connectivity index (χ1n) is 8.54. The van der Waals surface area contributed by atoms with E-state index in [2.05, 4.69) is 41.0 Å². The lowest BCUT2D eigenvalue weighted by molar-refractivity contribution is -0.132. The largest absolute Gasteiger partial charge is 0.342 e. The molecule has 23 heavy (non-hydrogen) atoms. The van der Waals surface area contributed by atoms with Crippen molar-refractivity contribution in [3.05, 3.63) is 18.2 Å². The number of rotatable bonds is 8. The lowest BCUT2D eigenvalue weighted by atomic mass is 9.97. The van der Waals surface area contributed by atoms with Gasteiger partial charge in [0.1, 0.15) is 5.82 Å². The van der Waals surface area contributed by atoms with Gasteiger partial charge in [0.2, 0.25) is 5.91 Å². The molecule has 0 unspecified atom stereocenters. The molecule has 0 saturated carbocycles. The summed E-state index contributed by atoms with van der Waals surface area (Å²) in [6, 6.07) is 0. The number of nitrogens with zero attached hydrogens (tertiary/aromatic N) is 4. The highest BCUT2D eigenvalue weighted by molar-refractivity contribution is 7.98. The first kappa shape index (κ1) is 18.3. The number of hydrogen-bond acceptors (Lipinski definition) is 4. The fourth-order valence-corrected chi connectivity index (χ4v) is 3.57. The number of hydrogen-bond donors (Lipinski definition) is 0. The van der Waals surface area contributed by atoms with Crippen LogP contribution in [0.3, 0.4) is 0 Å². The van der Waals surface area contributed by atoms with E-state index < -0.39 is 0 Å². The molecular formula is C17H30N4OS. The zero-order chi connectivity index (χ0) is 16.7. The van der Waals surface area contributed by atoms with Crippen molar-refractivity contribution in [2.24, 2.45) is 0 Å². The smallest absolute Gasteiger partial charge is 0.223 e. The summed E-state index contributed by atoms with van der Waals surface area (Å²) in [5.74, 6) is 2.76. The van der Waals surface area contributed by atoms with E-state index in [1.807, 2.05) is 11.1 Å². The molecule has 1 amide bonds. The molecule has 1 aliphatic heterocycles. The molecule has 1 atom stereocenters. The van der Waals surface area contributed by atoms with Gasteiger partial charge >= 0.3 is 0 Å². The average molecular weight is 339 g/mol. The molecule has 1 fully saturated rings. The Morgan fingerprint density at radius 3 is 3.04 bits per heavy atom. The van der Waals surface area contributed by atoms with Crippen LogP contribution in [-0.2, 0) is 11.3 Å². The maximum Gasteiger partial charge on any atom is 0.223 e. The topological polar surface area (TPSA) is 41.4 Å². The quantitative estimate of drug-likeness (QED) is 0.729. The van der Waals surface area contributed by atoms with Gasteiger partial charge in [-0.05, 0) is 46.2 Å². The molecule has 0 N–H and O–H groups in total. The van der Waals surface area contributed by atoms with E-state index in [1.54, 1.807) is 11.8 Å². The van der Waals surface area contributed by atoms with Crippen molar-refractivity contribution in [1.82, 2.24) is 19.4 Å². The van der Waals surface area contributed by atoms with Crippen LogP contribution in [0.15, 0.2) is 12.4 Å². The molecule has 0 spiro atoms. The molecule has 130 valence electrons. The van der Waals surface area contributed by atoms with Gasteiger partial charge in [-0.15, -0.1) is 0 Å². The summed E-state index contributed by atoms with van der Waals surface area (Å²) in [5, 5.41) is 0. The lowest BCUT2D eigenvalue weighted by Gasteiger charge is -2.33. The highest BCUT2D eigenvalue weighted by Crippen LogP contribution is 2.26. The Morgan fingerprint density at radius 1 is 1.48 bits per heavy atom. The molecule has 1 aromatic heterocycles. The summed E-state index contributed by atoms with van der Waals surface area (Å²) >= 11 is 1.74. The van der Waals surface area contributed by atoms with Gasteiger partial charge in [0, 0.05) is 50.1 Å². The Hall–Kier alpha value is -1.01. The van der Waals surface area contributed by atoms with Crippen LogP contribution in [0.5, 0.6) is 0 Å².